The van der Waals surface area contributed by atoms with E-state index in [-0.39, 0.29) is 19.5 Å². The molecule has 15 heteroatoms. The van der Waals surface area contributed by atoms with Crippen LogP contribution in [0.1, 0.15) is 52.7 Å². The monoisotopic (exact) mass is 747 g/mol. The molecule has 0 saturated heterocycles. The summed E-state index contributed by atoms with van der Waals surface area (Å²) in [7, 11) is 2.40. The standard InChI is InChI=1S/C39H53N7O8/c1-38(2,3)31(43-36(50)52-7)33(47)42-29(22-25-14-10-9-11-15-25)30(54-35(40)49)24-46(45-34(48)32(39(4,5)6)44-37(51)53-8)23-26-17-19-27(20-18-26)28-16-12-13-21-41-28/h9-21,29-32H,22-24H2,1-8H3,(H2,40,49)(H,42,47)(H,43,50)(H,44,51)(H,45,48)/t29-,30-,31+,32+/m0/s1. The number of pyridine rings is 1. The van der Waals surface area contributed by atoms with Crippen LogP contribution in [0.2, 0.25) is 0 Å². The molecule has 2 aromatic carbocycles. The van der Waals surface area contributed by atoms with Crippen LogP contribution in [0.15, 0.2) is 79.0 Å². The lowest BCUT2D eigenvalue weighted by Crippen LogP contribution is -2.61. The maximum Gasteiger partial charge on any atom is 0.407 e. The van der Waals surface area contributed by atoms with Gasteiger partial charge in [-0.15, -0.1) is 0 Å². The van der Waals surface area contributed by atoms with Crippen molar-refractivity contribution in [3.05, 3.63) is 90.1 Å². The number of amides is 5. The number of nitrogens with two attached hydrogens (primary N) is 1. The first-order valence-electron chi connectivity index (χ1n) is 17.5. The average Bonchev–Trinajstić information content (AvgIpc) is 3.11. The molecule has 1 aromatic heterocycles. The third kappa shape index (κ3) is 13.4. The molecule has 0 saturated carbocycles. The van der Waals surface area contributed by atoms with Crippen molar-refractivity contribution in [1.82, 2.24) is 31.4 Å². The molecule has 3 aromatic rings. The summed E-state index contributed by atoms with van der Waals surface area (Å²) in [4.78, 5) is 69.4. The van der Waals surface area contributed by atoms with E-state index < -0.39 is 65.2 Å². The zero-order valence-electron chi connectivity index (χ0n) is 32.2. The van der Waals surface area contributed by atoms with Crippen LogP contribution >= 0.6 is 0 Å². The molecule has 0 bridgehead atoms. The molecule has 0 aliphatic carbocycles. The first kappa shape index (κ1) is 42.7. The lowest BCUT2D eigenvalue weighted by molar-refractivity contribution is -0.132. The molecule has 6 N–H and O–H groups in total. The van der Waals surface area contributed by atoms with Gasteiger partial charge in [0.25, 0.3) is 5.91 Å². The van der Waals surface area contributed by atoms with E-state index in [1.165, 1.54) is 19.2 Å². The molecule has 3 rings (SSSR count). The number of ether oxygens (including phenoxy) is 3. The number of benzene rings is 2. The third-order valence-corrected chi connectivity index (χ3v) is 8.45. The highest BCUT2D eigenvalue weighted by atomic mass is 16.6. The predicted molar refractivity (Wildman–Crippen MR) is 202 cm³/mol. The zero-order chi connectivity index (χ0) is 40.1. The van der Waals surface area contributed by atoms with Gasteiger partial charge >= 0.3 is 18.3 Å². The van der Waals surface area contributed by atoms with Gasteiger partial charge in [-0.25, -0.2) is 19.4 Å². The molecule has 1 heterocycles. The minimum absolute atomic E-state index is 0.0997. The number of methoxy groups -OCH3 is 2. The van der Waals surface area contributed by atoms with E-state index in [2.05, 4.69) is 26.4 Å². The summed E-state index contributed by atoms with van der Waals surface area (Å²) >= 11 is 0. The first-order valence-corrected chi connectivity index (χ1v) is 17.5. The summed E-state index contributed by atoms with van der Waals surface area (Å²) < 4.78 is 15.3. The van der Waals surface area contributed by atoms with Crippen LogP contribution in [0.3, 0.4) is 0 Å². The minimum atomic E-state index is -1.15. The van der Waals surface area contributed by atoms with Crippen molar-refractivity contribution in [2.75, 3.05) is 20.8 Å². The largest absolute Gasteiger partial charge is 0.453 e. The Kier molecular flexibility index (Phi) is 15.3. The van der Waals surface area contributed by atoms with Gasteiger partial charge in [0.1, 0.15) is 18.2 Å². The summed E-state index contributed by atoms with van der Waals surface area (Å²) in [5.41, 5.74) is 10.2. The second-order valence-electron chi connectivity index (χ2n) is 14.9. The zero-order valence-corrected chi connectivity index (χ0v) is 32.2. The van der Waals surface area contributed by atoms with Gasteiger partial charge in [-0.05, 0) is 40.5 Å². The number of hydrogen-bond acceptors (Lipinski definition) is 10. The Morgan fingerprint density at radius 1 is 0.722 bits per heavy atom. The fraction of sp³-hybridized carbons (Fsp3) is 0.436. The van der Waals surface area contributed by atoms with E-state index in [9.17, 15) is 24.0 Å². The fourth-order valence-electron chi connectivity index (χ4n) is 5.63. The van der Waals surface area contributed by atoms with Gasteiger partial charge in [0, 0.05) is 18.3 Å². The van der Waals surface area contributed by atoms with Crippen LogP contribution in [0.5, 0.6) is 0 Å². The van der Waals surface area contributed by atoms with Crippen molar-refractivity contribution in [2.45, 2.75) is 78.7 Å². The summed E-state index contributed by atoms with van der Waals surface area (Å²) in [6.07, 6.45) is -1.98. The Labute approximate surface area is 316 Å². The lowest BCUT2D eigenvalue weighted by atomic mass is 9.85. The molecule has 4 atom stereocenters. The number of primary amides is 1. The summed E-state index contributed by atoms with van der Waals surface area (Å²) in [6.45, 7) is 10.6. The number of aromatic nitrogens is 1. The highest BCUT2D eigenvalue weighted by Gasteiger charge is 2.38. The molecule has 0 spiro atoms. The molecule has 5 amide bonds. The van der Waals surface area contributed by atoms with Crippen molar-refractivity contribution in [2.24, 2.45) is 16.6 Å². The van der Waals surface area contributed by atoms with Crippen LogP contribution in [0, 0.1) is 10.8 Å². The van der Waals surface area contributed by atoms with E-state index in [1.54, 1.807) is 47.7 Å². The molecular formula is C39H53N7O8. The Morgan fingerprint density at radius 3 is 1.78 bits per heavy atom. The van der Waals surface area contributed by atoms with Crippen LogP contribution in [0.25, 0.3) is 11.3 Å². The number of alkyl carbamates (subject to hydrolysis) is 2. The number of rotatable bonds is 15. The number of hydrogen-bond donors (Lipinski definition) is 5. The first-order chi connectivity index (χ1) is 25.4. The highest BCUT2D eigenvalue weighted by molar-refractivity contribution is 5.87. The average molecular weight is 748 g/mol. The maximum absolute atomic E-state index is 14.0. The van der Waals surface area contributed by atoms with Gasteiger partial charge < -0.3 is 35.9 Å². The molecule has 0 aliphatic heterocycles. The second-order valence-corrected chi connectivity index (χ2v) is 14.9. The minimum Gasteiger partial charge on any atom is -0.453 e. The van der Waals surface area contributed by atoms with Gasteiger partial charge in [-0.1, -0.05) is 102 Å². The predicted octanol–water partition coefficient (Wildman–Crippen LogP) is 4.31. The Hall–Kier alpha value is -5.70. The van der Waals surface area contributed by atoms with Gasteiger partial charge in [-0.3, -0.25) is 20.0 Å². The smallest absolute Gasteiger partial charge is 0.407 e. The number of hydrazine groups is 1. The normalized spacial score (nSPS) is 13.7. The maximum atomic E-state index is 14.0. The topological polar surface area (TPSA) is 203 Å². The van der Waals surface area contributed by atoms with E-state index in [1.807, 2.05) is 72.8 Å². The number of nitrogens with zero attached hydrogens (tertiary/aromatic N) is 2. The highest BCUT2D eigenvalue weighted by Crippen LogP contribution is 2.23. The molecule has 0 aliphatic rings. The molecule has 0 fully saturated rings. The quantitative estimate of drug-likeness (QED) is 0.110. The molecule has 54 heavy (non-hydrogen) atoms. The van der Waals surface area contributed by atoms with E-state index >= 15 is 0 Å². The number of carbonyl (C=O) groups excluding carboxylic acids is 5. The van der Waals surface area contributed by atoms with Crippen LogP contribution in [-0.2, 0) is 36.8 Å². The van der Waals surface area contributed by atoms with Gasteiger partial charge in [0.15, 0.2) is 0 Å². The van der Waals surface area contributed by atoms with Crippen molar-refractivity contribution in [1.29, 1.82) is 0 Å². The van der Waals surface area contributed by atoms with Crippen LogP contribution in [0.4, 0.5) is 14.4 Å². The van der Waals surface area contributed by atoms with E-state index in [4.69, 9.17) is 19.9 Å². The van der Waals surface area contributed by atoms with Crippen molar-refractivity contribution < 1.29 is 38.2 Å². The second kappa shape index (κ2) is 19.4. The molecule has 292 valence electrons. The van der Waals surface area contributed by atoms with Crippen LogP contribution in [-0.4, -0.2) is 85.1 Å². The van der Waals surface area contributed by atoms with Gasteiger partial charge in [0.2, 0.25) is 5.91 Å². The number of carbonyl (C=O) groups is 5. The number of nitrogens with one attached hydrogen (secondary N) is 4. The van der Waals surface area contributed by atoms with Crippen LogP contribution < -0.4 is 27.1 Å². The summed E-state index contributed by atoms with van der Waals surface area (Å²) in [5, 5.41) is 9.70. The van der Waals surface area contributed by atoms with Gasteiger partial charge in [0.05, 0.1) is 32.5 Å². The lowest BCUT2D eigenvalue weighted by Gasteiger charge is -2.36. The Morgan fingerprint density at radius 2 is 1.28 bits per heavy atom. The third-order valence-electron chi connectivity index (χ3n) is 8.45. The fourth-order valence-corrected chi connectivity index (χ4v) is 5.63. The van der Waals surface area contributed by atoms with Gasteiger partial charge in [-0.2, -0.15) is 0 Å². The van der Waals surface area contributed by atoms with Crippen molar-refractivity contribution in [3.63, 3.8) is 0 Å². The molecule has 0 unspecified atom stereocenters. The van der Waals surface area contributed by atoms with Crippen molar-refractivity contribution >= 4 is 30.1 Å². The molecular weight excluding hydrogens is 694 g/mol. The Bertz CT molecular complexity index is 1690. The summed E-state index contributed by atoms with van der Waals surface area (Å²) in [6, 6.07) is 19.3. The SMILES string of the molecule is COC(=O)N[C@H](C(=O)N[C@@H](Cc1ccccc1)[C@H](CN(Cc1ccc(-c2ccccn2)cc1)NC(=O)[C@@H](NC(=O)OC)C(C)(C)C)OC(N)=O)C(C)(C)C. The van der Waals surface area contributed by atoms with E-state index in [0.29, 0.717) is 0 Å². The van der Waals surface area contributed by atoms with Crippen molar-refractivity contribution in [3.8, 4) is 11.3 Å². The summed E-state index contributed by atoms with van der Waals surface area (Å²) in [5.74, 6) is -1.14. The molecule has 0 radical (unpaired) electrons. The Balaban J connectivity index is 2.07. The van der Waals surface area contributed by atoms with E-state index in [0.717, 1.165) is 22.4 Å². The molecule has 15 nitrogen and oxygen atoms in total.